The maximum Gasteiger partial charge on any atom is 0.309 e. The van der Waals surface area contributed by atoms with Crippen molar-refractivity contribution in [1.29, 1.82) is 0 Å². The Bertz CT molecular complexity index is 385. The van der Waals surface area contributed by atoms with Crippen molar-refractivity contribution in [1.82, 2.24) is 5.32 Å². The largest absolute Gasteiger partial charge is 0.481 e. The summed E-state index contributed by atoms with van der Waals surface area (Å²) in [6.07, 6.45) is 5.76. The molecule has 108 valence electrons. The van der Waals surface area contributed by atoms with E-state index < -0.39 is 16.8 Å². The van der Waals surface area contributed by atoms with Crippen molar-refractivity contribution in [2.24, 2.45) is 16.7 Å². The Morgan fingerprint density at radius 3 is 2.16 bits per heavy atom. The molecule has 0 saturated heterocycles. The highest BCUT2D eigenvalue weighted by Crippen LogP contribution is 2.56. The van der Waals surface area contributed by atoms with Crippen LogP contribution in [0.2, 0.25) is 0 Å². The van der Waals surface area contributed by atoms with Gasteiger partial charge in [-0.05, 0) is 38.0 Å². The minimum absolute atomic E-state index is 0.0573. The second-order valence-electron chi connectivity index (χ2n) is 6.94. The molecule has 0 bridgehead atoms. The summed E-state index contributed by atoms with van der Waals surface area (Å²) in [4.78, 5) is 23.9. The summed E-state index contributed by atoms with van der Waals surface area (Å²) in [6, 6.07) is 0.306. The number of carbonyl (C=O) groups excluding carboxylic acids is 1. The first-order chi connectivity index (χ1) is 8.79. The zero-order chi connectivity index (χ0) is 14.3. The van der Waals surface area contributed by atoms with Crippen molar-refractivity contribution in [2.75, 3.05) is 0 Å². The van der Waals surface area contributed by atoms with Crippen LogP contribution in [0.4, 0.5) is 0 Å². The summed E-state index contributed by atoms with van der Waals surface area (Å²) in [6.45, 7) is 5.62. The molecular weight excluding hydrogens is 242 g/mol. The molecule has 2 fully saturated rings. The third kappa shape index (κ3) is 2.26. The van der Waals surface area contributed by atoms with E-state index in [1.807, 2.05) is 13.8 Å². The number of carbonyl (C=O) groups is 2. The monoisotopic (exact) mass is 267 g/mol. The molecule has 0 aromatic rings. The molecule has 19 heavy (non-hydrogen) atoms. The second-order valence-corrected chi connectivity index (χ2v) is 6.94. The molecule has 2 rings (SSSR count). The molecule has 2 aliphatic rings. The third-order valence-electron chi connectivity index (χ3n) is 5.72. The van der Waals surface area contributed by atoms with Crippen LogP contribution in [0.3, 0.4) is 0 Å². The number of aliphatic carboxylic acids is 1. The van der Waals surface area contributed by atoms with E-state index in [-0.39, 0.29) is 11.8 Å². The van der Waals surface area contributed by atoms with Gasteiger partial charge in [0.2, 0.25) is 5.91 Å². The van der Waals surface area contributed by atoms with Crippen LogP contribution in [0.25, 0.3) is 0 Å². The van der Waals surface area contributed by atoms with Crippen LogP contribution >= 0.6 is 0 Å². The molecule has 4 heteroatoms. The quantitative estimate of drug-likeness (QED) is 0.826. The molecule has 2 aliphatic carbocycles. The number of hydrogen-bond donors (Lipinski definition) is 2. The Hall–Kier alpha value is -1.06. The maximum atomic E-state index is 12.4. The summed E-state index contributed by atoms with van der Waals surface area (Å²) in [5.74, 6) is -0.912. The molecule has 0 aromatic carbocycles. The van der Waals surface area contributed by atoms with Crippen LogP contribution in [-0.4, -0.2) is 23.0 Å². The molecular formula is C15H25NO3. The first-order valence-electron chi connectivity index (χ1n) is 7.33. The number of rotatable bonds is 3. The highest BCUT2D eigenvalue weighted by molar-refractivity contribution is 5.84. The second kappa shape index (κ2) is 4.80. The minimum Gasteiger partial charge on any atom is -0.481 e. The predicted molar refractivity (Wildman–Crippen MR) is 72.6 cm³/mol. The number of carboxylic acids is 1. The van der Waals surface area contributed by atoms with E-state index in [2.05, 4.69) is 5.32 Å². The minimum atomic E-state index is -0.801. The van der Waals surface area contributed by atoms with E-state index >= 15 is 0 Å². The third-order valence-corrected chi connectivity index (χ3v) is 5.72. The summed E-state index contributed by atoms with van der Waals surface area (Å²) < 4.78 is 0. The van der Waals surface area contributed by atoms with Gasteiger partial charge in [0, 0.05) is 12.0 Å². The van der Waals surface area contributed by atoms with Gasteiger partial charge < -0.3 is 10.4 Å². The van der Waals surface area contributed by atoms with Gasteiger partial charge in [-0.3, -0.25) is 9.59 Å². The number of carboxylic acid groups (broad SMARTS) is 1. The van der Waals surface area contributed by atoms with Crippen LogP contribution < -0.4 is 5.32 Å². The average Bonchev–Trinajstić information content (AvgIpc) is 2.87. The van der Waals surface area contributed by atoms with Gasteiger partial charge in [0.1, 0.15) is 0 Å². The zero-order valence-electron chi connectivity index (χ0n) is 12.2. The fourth-order valence-electron chi connectivity index (χ4n) is 3.71. The van der Waals surface area contributed by atoms with Gasteiger partial charge >= 0.3 is 5.97 Å². The van der Waals surface area contributed by atoms with Crippen molar-refractivity contribution in [3.63, 3.8) is 0 Å². The first-order valence-corrected chi connectivity index (χ1v) is 7.33. The lowest BCUT2D eigenvalue weighted by atomic mass is 9.65. The fourth-order valence-corrected chi connectivity index (χ4v) is 3.71. The fraction of sp³-hybridized carbons (Fsp3) is 0.867. The molecule has 0 heterocycles. The van der Waals surface area contributed by atoms with Crippen molar-refractivity contribution >= 4 is 11.9 Å². The molecule has 0 radical (unpaired) electrons. The molecule has 1 amide bonds. The van der Waals surface area contributed by atoms with E-state index in [1.165, 1.54) is 12.8 Å². The Morgan fingerprint density at radius 2 is 1.68 bits per heavy atom. The van der Waals surface area contributed by atoms with Crippen LogP contribution in [0.1, 0.15) is 59.3 Å². The van der Waals surface area contributed by atoms with E-state index in [4.69, 9.17) is 0 Å². The topological polar surface area (TPSA) is 66.4 Å². The molecule has 2 saturated carbocycles. The predicted octanol–water partition coefficient (Wildman–Crippen LogP) is 2.57. The lowest BCUT2D eigenvalue weighted by molar-refractivity contribution is -0.155. The average molecular weight is 267 g/mol. The lowest BCUT2D eigenvalue weighted by Gasteiger charge is -2.38. The van der Waals surface area contributed by atoms with Gasteiger partial charge in [-0.1, -0.05) is 26.7 Å². The van der Waals surface area contributed by atoms with Gasteiger partial charge in [0.05, 0.1) is 5.41 Å². The smallest absolute Gasteiger partial charge is 0.309 e. The standard InChI is InChI=1S/C15H25NO3/c1-14(2)11(8-9-15(14,3)13(18)19)12(17)16-10-6-4-5-7-10/h10-11H,4-9H2,1-3H3,(H,16,17)(H,18,19)/t11-,15+/m1/s1. The normalized spacial score (nSPS) is 34.4. The molecule has 0 aromatic heterocycles. The SMILES string of the molecule is CC1(C)[C@@H](C(=O)NC2CCCC2)CC[C@@]1(C)C(=O)O. The molecule has 0 spiro atoms. The highest BCUT2D eigenvalue weighted by atomic mass is 16.4. The molecule has 4 nitrogen and oxygen atoms in total. The van der Waals surface area contributed by atoms with Crippen LogP contribution in [0.15, 0.2) is 0 Å². The number of hydrogen-bond acceptors (Lipinski definition) is 2. The van der Waals surface area contributed by atoms with E-state index in [9.17, 15) is 14.7 Å². The van der Waals surface area contributed by atoms with E-state index in [1.54, 1.807) is 6.92 Å². The van der Waals surface area contributed by atoms with Gasteiger partial charge in [0.15, 0.2) is 0 Å². The van der Waals surface area contributed by atoms with Gasteiger partial charge in [-0.15, -0.1) is 0 Å². The summed E-state index contributed by atoms with van der Waals surface area (Å²) in [5, 5.41) is 12.6. The van der Waals surface area contributed by atoms with Crippen molar-refractivity contribution in [3.05, 3.63) is 0 Å². The van der Waals surface area contributed by atoms with Gasteiger partial charge in [-0.25, -0.2) is 0 Å². The highest BCUT2D eigenvalue weighted by Gasteiger charge is 2.58. The molecule has 0 aliphatic heterocycles. The summed E-state index contributed by atoms with van der Waals surface area (Å²) in [5.41, 5.74) is -1.30. The maximum absolute atomic E-state index is 12.4. The zero-order valence-corrected chi connectivity index (χ0v) is 12.2. The van der Waals surface area contributed by atoms with Crippen LogP contribution in [0.5, 0.6) is 0 Å². The van der Waals surface area contributed by atoms with Crippen molar-refractivity contribution in [3.8, 4) is 0 Å². The first kappa shape index (κ1) is 14.4. The van der Waals surface area contributed by atoms with Crippen LogP contribution in [-0.2, 0) is 9.59 Å². The Morgan fingerprint density at radius 1 is 1.11 bits per heavy atom. The molecule has 2 N–H and O–H groups in total. The van der Waals surface area contributed by atoms with E-state index in [0.29, 0.717) is 18.9 Å². The van der Waals surface area contributed by atoms with Crippen LogP contribution in [0, 0.1) is 16.7 Å². The Kier molecular flexibility index (Phi) is 3.63. The molecule has 0 unspecified atom stereocenters. The number of amides is 1. The van der Waals surface area contributed by atoms with Gasteiger partial charge in [-0.2, -0.15) is 0 Å². The van der Waals surface area contributed by atoms with Gasteiger partial charge in [0.25, 0.3) is 0 Å². The number of nitrogens with one attached hydrogen (secondary N) is 1. The Balaban J connectivity index is 2.09. The van der Waals surface area contributed by atoms with Crippen molar-refractivity contribution < 1.29 is 14.7 Å². The summed E-state index contributed by atoms with van der Waals surface area (Å²) in [7, 11) is 0. The van der Waals surface area contributed by atoms with E-state index in [0.717, 1.165) is 12.8 Å². The molecule has 2 atom stereocenters. The summed E-state index contributed by atoms with van der Waals surface area (Å²) >= 11 is 0. The Labute approximate surface area is 115 Å². The lowest BCUT2D eigenvalue weighted by Crippen LogP contribution is -2.47. The van der Waals surface area contributed by atoms with Crippen molar-refractivity contribution in [2.45, 2.75) is 65.3 Å².